The Morgan fingerprint density at radius 2 is 2.15 bits per heavy atom. The Morgan fingerprint density at radius 1 is 1.35 bits per heavy atom. The largest absolute Gasteiger partial charge is 0.378 e. The number of aromatic nitrogens is 2. The number of hydrogen-bond donors (Lipinski definition) is 1. The van der Waals surface area contributed by atoms with Crippen LogP contribution in [0.1, 0.15) is 38.9 Å². The molecule has 136 valence electrons. The molecule has 2 aliphatic heterocycles. The van der Waals surface area contributed by atoms with Crippen LogP contribution in [0.5, 0.6) is 0 Å². The molecule has 7 heteroatoms. The van der Waals surface area contributed by atoms with Gasteiger partial charge in [-0.05, 0) is 42.2 Å². The van der Waals surface area contributed by atoms with Gasteiger partial charge in [0.25, 0.3) is 5.91 Å². The smallest absolute Gasteiger partial charge is 0.257 e. The Hall–Kier alpha value is -2.02. The Balaban J connectivity index is 1.62. The van der Waals surface area contributed by atoms with Crippen LogP contribution in [0, 0.1) is 6.92 Å². The lowest BCUT2D eigenvalue weighted by atomic mass is 9.91. The van der Waals surface area contributed by atoms with Crippen molar-refractivity contribution in [1.29, 1.82) is 0 Å². The molecular weight excluding hydrogens is 352 g/mol. The zero-order valence-electron chi connectivity index (χ0n) is 14.7. The summed E-state index contributed by atoms with van der Waals surface area (Å²) in [5.41, 5.74) is 4.03. The summed E-state index contributed by atoms with van der Waals surface area (Å²) < 4.78 is 5.62. The molecule has 3 heterocycles. The zero-order valence-corrected chi connectivity index (χ0v) is 15.4. The first-order valence-corrected chi connectivity index (χ1v) is 9.20. The molecule has 0 unspecified atom stereocenters. The van der Waals surface area contributed by atoms with E-state index in [0.717, 1.165) is 30.2 Å². The predicted molar refractivity (Wildman–Crippen MR) is 98.2 cm³/mol. The number of fused-ring (bicyclic) bond motifs is 1. The van der Waals surface area contributed by atoms with E-state index in [4.69, 9.17) is 16.3 Å². The number of rotatable bonds is 2. The summed E-state index contributed by atoms with van der Waals surface area (Å²) in [6, 6.07) is 4.12. The second-order valence-electron chi connectivity index (χ2n) is 6.71. The number of nitrogens with one attached hydrogen (secondary N) is 1. The fourth-order valence-electron chi connectivity index (χ4n) is 3.59. The summed E-state index contributed by atoms with van der Waals surface area (Å²) in [6.07, 6.45) is 3.98. The molecule has 0 bridgehead atoms. The Bertz CT molecular complexity index is 819. The molecule has 26 heavy (non-hydrogen) atoms. The molecule has 1 atom stereocenters. The minimum Gasteiger partial charge on any atom is -0.378 e. The molecule has 0 spiro atoms. The zero-order chi connectivity index (χ0) is 18.1. The van der Waals surface area contributed by atoms with Gasteiger partial charge in [0.2, 0.25) is 0 Å². The molecule has 1 aromatic heterocycles. The molecule has 1 amide bonds. The molecule has 6 nitrogen and oxygen atoms in total. The van der Waals surface area contributed by atoms with Gasteiger partial charge in [0.15, 0.2) is 0 Å². The monoisotopic (exact) mass is 372 g/mol. The van der Waals surface area contributed by atoms with Gasteiger partial charge in [-0.2, -0.15) is 0 Å². The number of ether oxygens (including phenoxy) is 1. The number of amides is 1. The summed E-state index contributed by atoms with van der Waals surface area (Å²) in [6.45, 7) is 5.18. The highest BCUT2D eigenvalue weighted by Gasteiger charge is 2.28. The van der Waals surface area contributed by atoms with Crippen LogP contribution in [0.2, 0.25) is 5.02 Å². The lowest BCUT2D eigenvalue weighted by Gasteiger charge is -2.33. The van der Waals surface area contributed by atoms with Crippen molar-refractivity contribution in [1.82, 2.24) is 20.2 Å². The van der Waals surface area contributed by atoms with Crippen molar-refractivity contribution in [2.24, 2.45) is 0 Å². The van der Waals surface area contributed by atoms with Gasteiger partial charge in [-0.3, -0.25) is 4.79 Å². The average molecular weight is 373 g/mol. The normalized spacial score (nSPS) is 19.9. The maximum absolute atomic E-state index is 12.9. The molecule has 4 rings (SSSR count). The van der Waals surface area contributed by atoms with Gasteiger partial charge in [0.05, 0.1) is 24.8 Å². The molecular formula is C19H21ClN4O2. The van der Waals surface area contributed by atoms with Gasteiger partial charge < -0.3 is 15.0 Å². The van der Waals surface area contributed by atoms with Crippen LogP contribution in [-0.2, 0) is 17.7 Å². The summed E-state index contributed by atoms with van der Waals surface area (Å²) >= 11 is 6.34. The molecule has 1 aromatic carbocycles. The first-order chi connectivity index (χ1) is 12.6. The standard InChI is InChI=1S/C19H21ClN4O2/c1-12-22-8-14(9-23-12)19(25)24-4-2-13-6-15(20)7-16(17(13)10-24)18-11-26-5-3-21-18/h6-9,18,21H,2-5,10-11H2,1H3/t18-/m0/s1. The number of halogens is 1. The van der Waals surface area contributed by atoms with Crippen LogP contribution in [0.25, 0.3) is 0 Å². The number of morpholine rings is 1. The van der Waals surface area contributed by atoms with Gasteiger partial charge in [-0.1, -0.05) is 11.6 Å². The quantitative estimate of drug-likeness (QED) is 0.876. The highest BCUT2D eigenvalue weighted by Crippen LogP contribution is 2.31. The van der Waals surface area contributed by atoms with Crippen LogP contribution in [0.4, 0.5) is 0 Å². The summed E-state index contributed by atoms with van der Waals surface area (Å²) in [4.78, 5) is 23.0. The molecule has 1 N–H and O–H groups in total. The van der Waals surface area contributed by atoms with Crippen molar-refractivity contribution in [3.05, 3.63) is 57.6 Å². The Kier molecular flexibility index (Phi) is 4.89. The van der Waals surface area contributed by atoms with Crippen molar-refractivity contribution in [2.45, 2.75) is 25.9 Å². The number of benzene rings is 1. The van der Waals surface area contributed by atoms with E-state index in [0.29, 0.717) is 31.1 Å². The first-order valence-electron chi connectivity index (χ1n) is 8.82. The minimum atomic E-state index is -0.0376. The number of hydrogen-bond acceptors (Lipinski definition) is 5. The number of carbonyl (C=O) groups excluding carboxylic acids is 1. The van der Waals surface area contributed by atoms with Crippen LogP contribution >= 0.6 is 11.6 Å². The first kappa shape index (κ1) is 17.4. The Labute approximate surface area is 157 Å². The highest BCUT2D eigenvalue weighted by atomic mass is 35.5. The second kappa shape index (κ2) is 7.31. The van der Waals surface area contributed by atoms with E-state index in [9.17, 15) is 4.79 Å². The van der Waals surface area contributed by atoms with Crippen LogP contribution in [0.3, 0.4) is 0 Å². The number of nitrogens with zero attached hydrogens (tertiary/aromatic N) is 3. The molecule has 1 fully saturated rings. The van der Waals surface area contributed by atoms with Gasteiger partial charge in [0.1, 0.15) is 5.82 Å². The average Bonchev–Trinajstić information content (AvgIpc) is 2.68. The van der Waals surface area contributed by atoms with E-state index in [1.807, 2.05) is 17.0 Å². The predicted octanol–water partition coefficient (Wildman–Crippen LogP) is 2.30. The third-order valence-corrected chi connectivity index (χ3v) is 5.17. The van der Waals surface area contributed by atoms with Crippen molar-refractivity contribution in [3.63, 3.8) is 0 Å². The van der Waals surface area contributed by atoms with Gasteiger partial charge in [0, 0.05) is 37.1 Å². The van der Waals surface area contributed by atoms with Gasteiger partial charge in [-0.25, -0.2) is 9.97 Å². The molecule has 2 aromatic rings. The third-order valence-electron chi connectivity index (χ3n) is 4.95. The molecule has 0 aliphatic carbocycles. The lowest BCUT2D eigenvalue weighted by molar-refractivity contribution is 0.0715. The molecule has 0 radical (unpaired) electrons. The topological polar surface area (TPSA) is 67.4 Å². The van der Waals surface area contributed by atoms with Crippen LogP contribution in [-0.4, -0.2) is 47.1 Å². The summed E-state index contributed by atoms with van der Waals surface area (Å²) in [5, 5.41) is 4.22. The van der Waals surface area contributed by atoms with Crippen molar-refractivity contribution < 1.29 is 9.53 Å². The van der Waals surface area contributed by atoms with Crippen molar-refractivity contribution >= 4 is 17.5 Å². The van der Waals surface area contributed by atoms with E-state index < -0.39 is 0 Å². The van der Waals surface area contributed by atoms with Crippen molar-refractivity contribution in [2.75, 3.05) is 26.3 Å². The summed E-state index contributed by atoms with van der Waals surface area (Å²) in [7, 11) is 0. The highest BCUT2D eigenvalue weighted by molar-refractivity contribution is 6.30. The number of carbonyl (C=O) groups is 1. The van der Waals surface area contributed by atoms with E-state index in [2.05, 4.69) is 15.3 Å². The minimum absolute atomic E-state index is 0.0376. The maximum Gasteiger partial charge on any atom is 0.257 e. The van der Waals surface area contributed by atoms with E-state index in [1.54, 1.807) is 19.3 Å². The summed E-state index contributed by atoms with van der Waals surface area (Å²) in [5.74, 6) is 0.621. The third kappa shape index (κ3) is 3.45. The van der Waals surface area contributed by atoms with Gasteiger partial charge >= 0.3 is 0 Å². The fraction of sp³-hybridized carbons (Fsp3) is 0.421. The van der Waals surface area contributed by atoms with E-state index in [-0.39, 0.29) is 11.9 Å². The fourth-order valence-corrected chi connectivity index (χ4v) is 3.84. The van der Waals surface area contributed by atoms with E-state index >= 15 is 0 Å². The van der Waals surface area contributed by atoms with Crippen LogP contribution < -0.4 is 5.32 Å². The van der Waals surface area contributed by atoms with E-state index in [1.165, 1.54) is 11.1 Å². The second-order valence-corrected chi connectivity index (χ2v) is 7.15. The lowest BCUT2D eigenvalue weighted by Crippen LogP contribution is -2.39. The van der Waals surface area contributed by atoms with Crippen LogP contribution in [0.15, 0.2) is 24.5 Å². The molecule has 2 aliphatic rings. The van der Waals surface area contributed by atoms with Gasteiger partial charge in [-0.15, -0.1) is 0 Å². The SMILES string of the molecule is Cc1ncc(C(=O)N2CCc3cc(Cl)cc([C@@H]4COCCN4)c3C2)cn1. The maximum atomic E-state index is 12.9. The van der Waals surface area contributed by atoms with Crippen molar-refractivity contribution in [3.8, 4) is 0 Å². The Morgan fingerprint density at radius 3 is 2.88 bits per heavy atom. The molecule has 1 saturated heterocycles. The molecule has 0 saturated carbocycles. The number of aryl methyl sites for hydroxylation is 1.